The summed E-state index contributed by atoms with van der Waals surface area (Å²) >= 11 is 0. The van der Waals surface area contributed by atoms with E-state index < -0.39 is 26.5 Å². The summed E-state index contributed by atoms with van der Waals surface area (Å²) in [7, 11) is 1.47. The molecule has 80 heavy (non-hydrogen) atoms. The number of quaternary nitrogens is 1. The van der Waals surface area contributed by atoms with Crippen molar-refractivity contribution in [3.05, 3.63) is 122 Å². The summed E-state index contributed by atoms with van der Waals surface area (Å²) in [6, 6.07) is 0. The van der Waals surface area contributed by atoms with Crippen LogP contribution in [0.3, 0.4) is 0 Å². The monoisotopic (exact) mass is 1130 g/mol. The Balaban J connectivity index is 4.03. The number of hydrogen-bond acceptors (Lipinski definition) is 7. The van der Waals surface area contributed by atoms with Crippen LogP contribution in [0.15, 0.2) is 122 Å². The Morgan fingerprint density at radius 1 is 0.400 bits per heavy atom. The highest BCUT2D eigenvalue weighted by Crippen LogP contribution is 2.43. The van der Waals surface area contributed by atoms with Gasteiger partial charge in [-0.05, 0) is 109 Å². The maximum absolute atomic E-state index is 12.8. The Morgan fingerprint density at radius 2 is 0.713 bits per heavy atom. The van der Waals surface area contributed by atoms with E-state index in [-0.39, 0.29) is 32.0 Å². The van der Waals surface area contributed by atoms with Crippen LogP contribution >= 0.6 is 7.82 Å². The first kappa shape index (κ1) is 76.4. The molecule has 0 saturated heterocycles. The molecule has 0 aliphatic rings. The molecule has 2 atom stereocenters. The summed E-state index contributed by atoms with van der Waals surface area (Å²) in [5.74, 6) is -0.809. The number of unbranched alkanes of at least 4 members (excludes halogenated alkanes) is 24. The molecule has 0 saturated carbocycles. The van der Waals surface area contributed by atoms with E-state index >= 15 is 0 Å². The van der Waals surface area contributed by atoms with E-state index in [0.29, 0.717) is 17.4 Å². The molecule has 0 aliphatic heterocycles. The van der Waals surface area contributed by atoms with Gasteiger partial charge >= 0.3 is 19.8 Å². The van der Waals surface area contributed by atoms with Gasteiger partial charge in [-0.2, -0.15) is 0 Å². The van der Waals surface area contributed by atoms with Crippen LogP contribution in [0.4, 0.5) is 0 Å². The Bertz CT molecular complexity index is 1760. The number of carbonyl (C=O) groups is 2. The van der Waals surface area contributed by atoms with E-state index in [1.165, 1.54) is 109 Å². The van der Waals surface area contributed by atoms with E-state index in [0.717, 1.165) is 116 Å². The van der Waals surface area contributed by atoms with Gasteiger partial charge in [0.25, 0.3) is 0 Å². The van der Waals surface area contributed by atoms with Gasteiger partial charge in [-0.25, -0.2) is 4.57 Å². The largest absolute Gasteiger partial charge is 0.472 e. The average molecular weight is 1140 g/mol. The lowest BCUT2D eigenvalue weighted by Gasteiger charge is -2.24. The summed E-state index contributed by atoms with van der Waals surface area (Å²) in [5, 5.41) is 0. The van der Waals surface area contributed by atoms with E-state index in [4.69, 9.17) is 18.5 Å². The Morgan fingerprint density at radius 3 is 1.07 bits per heavy atom. The van der Waals surface area contributed by atoms with Gasteiger partial charge in [0.1, 0.15) is 19.8 Å². The van der Waals surface area contributed by atoms with Crippen LogP contribution in [0.1, 0.15) is 258 Å². The fraction of sp³-hybridized carbons (Fsp3) is 0.686. The molecular formula is C70H121NO8P+. The molecule has 458 valence electrons. The van der Waals surface area contributed by atoms with Crippen LogP contribution in [0.2, 0.25) is 0 Å². The molecular weight excluding hydrogens is 1010 g/mol. The standard InChI is InChI=1S/C70H120NO8P/c1-6-8-10-12-14-16-18-20-22-23-24-25-26-27-28-29-30-31-32-33-34-35-36-37-38-39-40-41-42-43-44-45-46-47-49-51-53-55-57-59-61-63-70(73)79-68(67-78-80(74,75)77-65-64-71(3,4)5)66-76-69(72)62-60-58-56-54-52-50-48-21-19-17-15-13-11-9-7-2/h8,10,14,16,20-22,24-25,27-28,30-31,33-34,36-37,39-40,48,68H,6-7,9,11-13,15,17-19,23,26,29,32,35,38,41-47,49-67H2,1-5H3/p+1/b10-8-,16-14-,22-20-,25-24-,28-27-,31-30-,34-33-,37-36-,40-39-,48-21-. The third-order valence-electron chi connectivity index (χ3n) is 13.5. The fourth-order valence-corrected chi connectivity index (χ4v) is 9.27. The van der Waals surface area contributed by atoms with E-state index in [1.54, 1.807) is 0 Å². The predicted octanol–water partition coefficient (Wildman–Crippen LogP) is 20.7. The molecule has 2 unspecified atom stereocenters. The summed E-state index contributed by atoms with van der Waals surface area (Å²) in [6.45, 7) is 4.30. The maximum Gasteiger partial charge on any atom is 0.472 e. The molecule has 0 aromatic heterocycles. The summed E-state index contributed by atoms with van der Waals surface area (Å²) < 4.78 is 34.6. The van der Waals surface area contributed by atoms with Crippen LogP contribution < -0.4 is 0 Å². The molecule has 0 fully saturated rings. The first-order valence-electron chi connectivity index (χ1n) is 32.3. The van der Waals surface area contributed by atoms with Crippen molar-refractivity contribution in [2.45, 2.75) is 264 Å². The van der Waals surface area contributed by atoms with Crippen molar-refractivity contribution in [2.24, 2.45) is 0 Å². The molecule has 0 aromatic carbocycles. The normalized spacial score (nSPS) is 14.0. The van der Waals surface area contributed by atoms with Gasteiger partial charge in [-0.15, -0.1) is 0 Å². The van der Waals surface area contributed by atoms with Crippen LogP contribution in [-0.4, -0.2) is 74.9 Å². The van der Waals surface area contributed by atoms with Crippen LogP contribution in [0.5, 0.6) is 0 Å². The number of rotatable bonds is 58. The minimum atomic E-state index is -4.39. The smallest absolute Gasteiger partial charge is 0.462 e. The second-order valence-corrected chi connectivity index (χ2v) is 23.9. The number of allylic oxidation sites excluding steroid dienone is 20. The topological polar surface area (TPSA) is 108 Å². The second kappa shape index (κ2) is 60.0. The minimum Gasteiger partial charge on any atom is -0.462 e. The zero-order valence-corrected chi connectivity index (χ0v) is 52.9. The third kappa shape index (κ3) is 63.6. The second-order valence-electron chi connectivity index (χ2n) is 22.4. The van der Waals surface area contributed by atoms with E-state index in [2.05, 4.69) is 135 Å². The Labute approximate surface area is 492 Å². The zero-order valence-electron chi connectivity index (χ0n) is 52.0. The quantitative estimate of drug-likeness (QED) is 0.0211. The molecule has 0 radical (unpaired) electrons. The number of phosphoric acid groups is 1. The molecule has 9 nitrogen and oxygen atoms in total. The summed E-state index contributed by atoms with van der Waals surface area (Å²) in [5.41, 5.74) is 0. The molecule has 0 amide bonds. The van der Waals surface area contributed by atoms with E-state index in [1.807, 2.05) is 21.1 Å². The van der Waals surface area contributed by atoms with Gasteiger partial charge in [0.2, 0.25) is 0 Å². The van der Waals surface area contributed by atoms with Crippen molar-refractivity contribution in [3.63, 3.8) is 0 Å². The molecule has 0 bridgehead atoms. The number of phosphoric ester groups is 1. The third-order valence-corrected chi connectivity index (χ3v) is 14.5. The first-order chi connectivity index (χ1) is 39.0. The fourth-order valence-electron chi connectivity index (χ4n) is 8.53. The molecule has 0 heterocycles. The average Bonchev–Trinajstić information content (AvgIpc) is 3.42. The van der Waals surface area contributed by atoms with Gasteiger partial charge < -0.3 is 18.9 Å². The Hall–Kier alpha value is -3.59. The molecule has 10 heteroatoms. The lowest BCUT2D eigenvalue weighted by Crippen LogP contribution is -2.37. The van der Waals surface area contributed by atoms with Gasteiger partial charge in [0.15, 0.2) is 6.10 Å². The van der Waals surface area contributed by atoms with Crippen LogP contribution in [0, 0.1) is 0 Å². The van der Waals surface area contributed by atoms with Crippen LogP contribution in [0.25, 0.3) is 0 Å². The van der Waals surface area contributed by atoms with E-state index in [9.17, 15) is 19.0 Å². The van der Waals surface area contributed by atoms with Gasteiger partial charge in [-0.1, -0.05) is 257 Å². The minimum absolute atomic E-state index is 0.0264. The molecule has 0 spiro atoms. The van der Waals surface area contributed by atoms with Gasteiger partial charge in [0.05, 0.1) is 27.7 Å². The van der Waals surface area contributed by atoms with Gasteiger partial charge in [0, 0.05) is 12.8 Å². The Kier molecular flexibility index (Phi) is 57.3. The van der Waals surface area contributed by atoms with Gasteiger partial charge in [-0.3, -0.25) is 18.6 Å². The first-order valence-corrected chi connectivity index (χ1v) is 33.8. The SMILES string of the molecule is CC/C=C\C/C=C\C/C=C\C/C=C\C/C=C\C/C=C\C/C=C\C/C=C\C/C=C\CCCCCCCCCCCCCCCC(=O)OC(COC(=O)CCCCCCC/C=C\CCCCCCCC)COP(=O)(O)OCC[N+](C)(C)C. The van der Waals surface area contributed by atoms with Crippen molar-refractivity contribution < 1.29 is 42.1 Å². The van der Waals surface area contributed by atoms with Crippen molar-refractivity contribution >= 4 is 19.8 Å². The summed E-state index contributed by atoms with van der Waals surface area (Å²) in [6.07, 6.45) is 85.8. The highest BCUT2D eigenvalue weighted by molar-refractivity contribution is 7.47. The molecule has 0 rings (SSSR count). The number of carbonyl (C=O) groups excluding carboxylic acids is 2. The number of hydrogen-bond donors (Lipinski definition) is 1. The number of nitrogens with zero attached hydrogens (tertiary/aromatic N) is 1. The lowest BCUT2D eigenvalue weighted by atomic mass is 10.0. The van der Waals surface area contributed by atoms with Crippen LogP contribution in [-0.2, 0) is 32.7 Å². The van der Waals surface area contributed by atoms with Crippen molar-refractivity contribution in [1.82, 2.24) is 0 Å². The molecule has 1 N–H and O–H groups in total. The number of esters is 2. The van der Waals surface area contributed by atoms with Crippen molar-refractivity contribution in [2.75, 3.05) is 47.5 Å². The highest BCUT2D eigenvalue weighted by atomic mass is 31.2. The number of likely N-dealkylation sites (N-methyl/N-ethyl adjacent to an activating group) is 1. The maximum atomic E-state index is 12.8. The molecule has 0 aliphatic carbocycles. The van der Waals surface area contributed by atoms with Crippen molar-refractivity contribution in [3.8, 4) is 0 Å². The highest BCUT2D eigenvalue weighted by Gasteiger charge is 2.27. The lowest BCUT2D eigenvalue weighted by molar-refractivity contribution is -0.870. The molecule has 0 aromatic rings. The summed E-state index contributed by atoms with van der Waals surface area (Å²) in [4.78, 5) is 35.7. The van der Waals surface area contributed by atoms with Crippen molar-refractivity contribution in [1.29, 1.82) is 0 Å². The number of ether oxygens (including phenoxy) is 2. The predicted molar refractivity (Wildman–Crippen MR) is 344 cm³/mol. The zero-order chi connectivity index (χ0) is 58.4.